The third kappa shape index (κ3) is 5.72. The van der Waals surface area contributed by atoms with E-state index >= 15 is 0 Å². The Morgan fingerprint density at radius 1 is 0.839 bits per heavy atom. The lowest BCUT2D eigenvalue weighted by atomic mass is 9.78. The number of carbonyl (C=O) groups is 2. The van der Waals surface area contributed by atoms with Crippen molar-refractivity contribution < 1.29 is 19.1 Å². The Morgan fingerprint density at radius 2 is 1.45 bits per heavy atom. The third-order valence-electron chi connectivity index (χ3n) is 5.12. The van der Waals surface area contributed by atoms with Crippen LogP contribution in [0.3, 0.4) is 0 Å². The number of esters is 1. The molecule has 0 saturated carbocycles. The van der Waals surface area contributed by atoms with Crippen molar-refractivity contribution >= 4 is 17.6 Å². The molecule has 5 heteroatoms. The minimum absolute atomic E-state index is 0.110. The van der Waals surface area contributed by atoms with E-state index in [1.54, 1.807) is 31.2 Å². The number of amides is 1. The molecule has 0 aliphatic heterocycles. The van der Waals surface area contributed by atoms with Gasteiger partial charge in [-0.1, -0.05) is 56.3 Å². The number of hydrogen-bond donors (Lipinski definition) is 1. The largest absolute Gasteiger partial charge is 0.484 e. The van der Waals surface area contributed by atoms with Crippen LogP contribution in [0.2, 0.25) is 0 Å². The van der Waals surface area contributed by atoms with Crippen LogP contribution in [-0.2, 0) is 14.9 Å². The maximum absolute atomic E-state index is 12.2. The molecule has 160 valence electrons. The minimum atomic E-state index is -0.386. The van der Waals surface area contributed by atoms with Gasteiger partial charge in [-0.2, -0.15) is 0 Å². The predicted octanol–water partition coefficient (Wildman–Crippen LogP) is 5.21. The van der Waals surface area contributed by atoms with Gasteiger partial charge in [0.1, 0.15) is 5.75 Å². The first kappa shape index (κ1) is 22.1. The van der Waals surface area contributed by atoms with Gasteiger partial charge in [0, 0.05) is 11.1 Å². The number of anilines is 1. The number of ether oxygens (including phenoxy) is 2. The lowest BCUT2D eigenvalue weighted by Crippen LogP contribution is -2.20. The average molecular weight is 418 g/mol. The van der Waals surface area contributed by atoms with E-state index in [1.807, 2.05) is 42.5 Å². The fourth-order valence-electron chi connectivity index (χ4n) is 3.24. The van der Waals surface area contributed by atoms with E-state index in [0.717, 1.165) is 5.56 Å². The Hall–Kier alpha value is -3.60. The van der Waals surface area contributed by atoms with Gasteiger partial charge >= 0.3 is 5.97 Å². The van der Waals surface area contributed by atoms with E-state index in [2.05, 4.69) is 31.3 Å². The van der Waals surface area contributed by atoms with Gasteiger partial charge in [0.25, 0.3) is 5.91 Å². The van der Waals surface area contributed by atoms with E-state index in [9.17, 15) is 9.59 Å². The molecule has 3 rings (SSSR count). The Labute approximate surface area is 183 Å². The summed E-state index contributed by atoms with van der Waals surface area (Å²) in [7, 11) is 0. The van der Waals surface area contributed by atoms with Gasteiger partial charge in [-0.25, -0.2) is 4.79 Å². The summed E-state index contributed by atoms with van der Waals surface area (Å²) in [4.78, 5) is 23.9. The third-order valence-corrected chi connectivity index (χ3v) is 5.12. The van der Waals surface area contributed by atoms with Crippen molar-refractivity contribution in [3.05, 3.63) is 95.6 Å². The fourth-order valence-corrected chi connectivity index (χ4v) is 3.24. The molecular formula is C26H27NO4. The fraction of sp³-hybridized carbons (Fsp3) is 0.231. The summed E-state index contributed by atoms with van der Waals surface area (Å²) in [5, 5.41) is 2.75. The van der Waals surface area contributed by atoms with Gasteiger partial charge in [-0.15, -0.1) is 0 Å². The molecule has 1 N–H and O–H groups in total. The van der Waals surface area contributed by atoms with Crippen LogP contribution in [0, 0.1) is 0 Å². The normalized spacial score (nSPS) is 10.9. The highest BCUT2D eigenvalue weighted by molar-refractivity contribution is 5.93. The van der Waals surface area contributed by atoms with Crippen molar-refractivity contribution in [2.24, 2.45) is 0 Å². The van der Waals surface area contributed by atoms with E-state index in [0.29, 0.717) is 23.6 Å². The smallest absolute Gasteiger partial charge is 0.338 e. The molecule has 1 amide bonds. The van der Waals surface area contributed by atoms with Crippen molar-refractivity contribution in [2.75, 3.05) is 18.5 Å². The van der Waals surface area contributed by atoms with Crippen molar-refractivity contribution in [2.45, 2.75) is 26.2 Å². The molecule has 0 atom stereocenters. The average Bonchev–Trinajstić information content (AvgIpc) is 2.79. The summed E-state index contributed by atoms with van der Waals surface area (Å²) in [6.45, 7) is 6.32. The van der Waals surface area contributed by atoms with Crippen molar-refractivity contribution in [3.8, 4) is 5.75 Å². The van der Waals surface area contributed by atoms with Crippen molar-refractivity contribution in [1.82, 2.24) is 0 Å². The Bertz CT molecular complexity index is 1010. The minimum Gasteiger partial charge on any atom is -0.484 e. The number of hydrogen-bond acceptors (Lipinski definition) is 4. The molecule has 0 heterocycles. The van der Waals surface area contributed by atoms with E-state index < -0.39 is 0 Å². The molecule has 3 aromatic carbocycles. The quantitative estimate of drug-likeness (QED) is 0.511. The molecule has 3 aromatic rings. The molecule has 0 fully saturated rings. The number of nitrogens with one attached hydrogen (secondary N) is 1. The van der Waals surface area contributed by atoms with Crippen molar-refractivity contribution in [3.63, 3.8) is 0 Å². The molecule has 31 heavy (non-hydrogen) atoms. The first-order valence-electron chi connectivity index (χ1n) is 10.3. The summed E-state index contributed by atoms with van der Waals surface area (Å²) in [6, 6.07) is 24.7. The summed E-state index contributed by atoms with van der Waals surface area (Å²) in [5.41, 5.74) is 3.29. The van der Waals surface area contributed by atoms with Crippen LogP contribution in [0.4, 0.5) is 5.69 Å². The summed E-state index contributed by atoms with van der Waals surface area (Å²) in [6.07, 6.45) is 0. The highest BCUT2D eigenvalue weighted by Crippen LogP contribution is 2.32. The first-order valence-corrected chi connectivity index (χ1v) is 10.3. The van der Waals surface area contributed by atoms with E-state index in [1.165, 1.54) is 5.56 Å². The molecule has 0 spiro atoms. The van der Waals surface area contributed by atoms with Gasteiger partial charge in [0.05, 0.1) is 12.2 Å². The van der Waals surface area contributed by atoms with E-state index in [-0.39, 0.29) is 23.9 Å². The SMILES string of the molecule is CCOC(=O)c1ccc(NC(=O)COc2ccc(C(C)(C)c3ccccc3)cc2)cc1. The van der Waals surface area contributed by atoms with Crippen LogP contribution in [0.25, 0.3) is 0 Å². The highest BCUT2D eigenvalue weighted by Gasteiger charge is 2.22. The van der Waals surface area contributed by atoms with Gasteiger partial charge < -0.3 is 14.8 Å². The molecular weight excluding hydrogens is 390 g/mol. The molecule has 5 nitrogen and oxygen atoms in total. The van der Waals surface area contributed by atoms with Crippen LogP contribution in [-0.4, -0.2) is 25.1 Å². The van der Waals surface area contributed by atoms with Crippen LogP contribution < -0.4 is 10.1 Å². The molecule has 0 aliphatic rings. The standard InChI is InChI=1S/C26H27NO4/c1-4-30-25(29)19-10-14-22(15-11-19)27-24(28)18-31-23-16-12-21(13-17-23)26(2,3)20-8-6-5-7-9-20/h5-17H,4,18H2,1-3H3,(H,27,28). The predicted molar refractivity (Wildman–Crippen MR) is 122 cm³/mol. The zero-order chi connectivity index (χ0) is 22.3. The number of benzene rings is 3. The molecule has 0 unspecified atom stereocenters. The zero-order valence-electron chi connectivity index (χ0n) is 18.1. The Balaban J connectivity index is 1.54. The van der Waals surface area contributed by atoms with E-state index in [4.69, 9.17) is 9.47 Å². The first-order chi connectivity index (χ1) is 14.9. The van der Waals surface area contributed by atoms with Gasteiger partial charge in [-0.3, -0.25) is 4.79 Å². The number of rotatable bonds is 8. The maximum Gasteiger partial charge on any atom is 0.338 e. The Morgan fingerprint density at radius 3 is 2.06 bits per heavy atom. The van der Waals surface area contributed by atoms with Crippen LogP contribution >= 0.6 is 0 Å². The molecule has 0 bridgehead atoms. The monoisotopic (exact) mass is 417 g/mol. The molecule has 0 radical (unpaired) electrons. The molecule has 0 aliphatic carbocycles. The summed E-state index contributed by atoms with van der Waals surface area (Å²) in [5.74, 6) is -0.0411. The lowest BCUT2D eigenvalue weighted by Gasteiger charge is -2.26. The van der Waals surface area contributed by atoms with Gasteiger partial charge in [0.15, 0.2) is 6.61 Å². The summed E-state index contributed by atoms with van der Waals surface area (Å²) < 4.78 is 10.6. The number of carbonyl (C=O) groups excluding carboxylic acids is 2. The molecule has 0 aromatic heterocycles. The maximum atomic E-state index is 12.2. The van der Waals surface area contributed by atoms with Crippen LogP contribution in [0.15, 0.2) is 78.9 Å². The highest BCUT2D eigenvalue weighted by atomic mass is 16.5. The second-order valence-electron chi connectivity index (χ2n) is 7.65. The second-order valence-corrected chi connectivity index (χ2v) is 7.65. The lowest BCUT2D eigenvalue weighted by molar-refractivity contribution is -0.118. The topological polar surface area (TPSA) is 64.6 Å². The second kappa shape index (κ2) is 9.94. The van der Waals surface area contributed by atoms with Crippen LogP contribution in [0.5, 0.6) is 5.75 Å². The molecule has 0 saturated heterocycles. The van der Waals surface area contributed by atoms with Crippen molar-refractivity contribution in [1.29, 1.82) is 0 Å². The van der Waals surface area contributed by atoms with Crippen LogP contribution in [0.1, 0.15) is 42.3 Å². The Kier molecular flexibility index (Phi) is 7.08. The zero-order valence-corrected chi connectivity index (χ0v) is 18.1. The summed E-state index contributed by atoms with van der Waals surface area (Å²) >= 11 is 0. The van der Waals surface area contributed by atoms with Gasteiger partial charge in [0.2, 0.25) is 0 Å². The van der Waals surface area contributed by atoms with Gasteiger partial charge in [-0.05, 0) is 54.4 Å².